The summed E-state index contributed by atoms with van der Waals surface area (Å²) in [6.45, 7) is 3.59. The summed E-state index contributed by atoms with van der Waals surface area (Å²) in [7, 11) is 0. The van der Waals surface area contributed by atoms with Crippen molar-refractivity contribution in [1.29, 1.82) is 0 Å². The minimum atomic E-state index is -0.0355. The average molecular weight is 334 g/mol. The summed E-state index contributed by atoms with van der Waals surface area (Å²) in [6, 6.07) is 15.3. The highest BCUT2D eigenvalue weighted by Gasteiger charge is 2.27. The third-order valence-electron chi connectivity index (χ3n) is 4.18. The highest BCUT2D eigenvalue weighted by atomic mass is 16.5. The van der Waals surface area contributed by atoms with E-state index in [1.165, 1.54) is 5.56 Å². The van der Waals surface area contributed by atoms with E-state index < -0.39 is 0 Å². The topological polar surface area (TPSA) is 60.3 Å². The van der Waals surface area contributed by atoms with Crippen LogP contribution in [-0.4, -0.2) is 27.2 Å². The van der Waals surface area contributed by atoms with Crippen LogP contribution < -0.4 is 9.64 Å². The fourth-order valence-electron chi connectivity index (χ4n) is 2.87. The number of fused-ring (bicyclic) bond motifs is 1. The summed E-state index contributed by atoms with van der Waals surface area (Å²) in [5.41, 5.74) is 3.40. The highest BCUT2D eigenvalue weighted by molar-refractivity contribution is 6.05. The standard InChI is InChI=1S/C19H18N4O2/c1-14-5-7-16(8-6-14)22-10-11-23-17(19(22)24)12-15(21-23)13-25-18-4-2-3-9-20-18/h2-9,12H,10-11,13H2,1H3. The molecule has 0 saturated carbocycles. The van der Waals surface area contributed by atoms with Crippen molar-refractivity contribution >= 4 is 11.6 Å². The normalized spacial score (nSPS) is 13.6. The van der Waals surface area contributed by atoms with Crippen LogP contribution in [0.4, 0.5) is 5.69 Å². The van der Waals surface area contributed by atoms with E-state index >= 15 is 0 Å². The molecule has 126 valence electrons. The summed E-state index contributed by atoms with van der Waals surface area (Å²) in [5, 5.41) is 4.47. The summed E-state index contributed by atoms with van der Waals surface area (Å²) >= 11 is 0. The quantitative estimate of drug-likeness (QED) is 0.736. The van der Waals surface area contributed by atoms with Crippen LogP contribution in [0.2, 0.25) is 0 Å². The lowest BCUT2D eigenvalue weighted by Gasteiger charge is -2.27. The van der Waals surface area contributed by atoms with Gasteiger partial charge in [0, 0.05) is 24.5 Å². The Morgan fingerprint density at radius 1 is 1.12 bits per heavy atom. The van der Waals surface area contributed by atoms with Crippen LogP contribution in [0.15, 0.2) is 54.7 Å². The lowest BCUT2D eigenvalue weighted by molar-refractivity contribution is 0.0962. The summed E-state index contributed by atoms with van der Waals surface area (Å²) < 4.78 is 7.37. The van der Waals surface area contributed by atoms with Crippen molar-refractivity contribution < 1.29 is 9.53 Å². The number of hydrogen-bond donors (Lipinski definition) is 0. The van der Waals surface area contributed by atoms with Gasteiger partial charge in [-0.25, -0.2) is 4.98 Å². The number of hydrogen-bond acceptors (Lipinski definition) is 4. The Morgan fingerprint density at radius 3 is 2.72 bits per heavy atom. The molecule has 0 saturated heterocycles. The first kappa shape index (κ1) is 15.4. The molecule has 3 heterocycles. The van der Waals surface area contributed by atoms with Gasteiger partial charge in [0.05, 0.1) is 6.54 Å². The van der Waals surface area contributed by atoms with E-state index in [-0.39, 0.29) is 12.5 Å². The lowest BCUT2D eigenvalue weighted by atomic mass is 10.2. The third kappa shape index (κ3) is 3.10. The molecule has 25 heavy (non-hydrogen) atoms. The molecule has 0 unspecified atom stereocenters. The van der Waals surface area contributed by atoms with Gasteiger partial charge in [0.1, 0.15) is 18.0 Å². The maximum Gasteiger partial charge on any atom is 0.276 e. The second-order valence-electron chi connectivity index (χ2n) is 5.99. The Labute approximate surface area is 145 Å². The first-order valence-electron chi connectivity index (χ1n) is 8.20. The smallest absolute Gasteiger partial charge is 0.276 e. The molecule has 0 fully saturated rings. The average Bonchev–Trinajstić information content (AvgIpc) is 3.06. The van der Waals surface area contributed by atoms with Crippen molar-refractivity contribution in [1.82, 2.24) is 14.8 Å². The second kappa shape index (κ2) is 6.39. The van der Waals surface area contributed by atoms with Crippen LogP contribution in [0, 0.1) is 6.92 Å². The van der Waals surface area contributed by atoms with Gasteiger partial charge in [-0.1, -0.05) is 23.8 Å². The number of pyridine rings is 1. The van der Waals surface area contributed by atoms with E-state index in [0.717, 1.165) is 11.4 Å². The number of anilines is 1. The molecule has 2 aromatic heterocycles. The molecule has 0 atom stereocenters. The maximum absolute atomic E-state index is 12.8. The highest BCUT2D eigenvalue weighted by Crippen LogP contribution is 2.22. The van der Waals surface area contributed by atoms with E-state index in [1.807, 2.05) is 43.3 Å². The number of rotatable bonds is 4. The molecule has 3 aromatic rings. The summed E-state index contributed by atoms with van der Waals surface area (Å²) in [4.78, 5) is 18.7. The zero-order chi connectivity index (χ0) is 17.2. The predicted octanol–water partition coefficient (Wildman–Crippen LogP) is 2.83. The van der Waals surface area contributed by atoms with E-state index in [9.17, 15) is 4.79 Å². The van der Waals surface area contributed by atoms with Crippen molar-refractivity contribution in [3.8, 4) is 5.88 Å². The van der Waals surface area contributed by atoms with E-state index in [1.54, 1.807) is 27.9 Å². The Hall–Kier alpha value is -3.15. The number of ether oxygens (including phenoxy) is 1. The van der Waals surface area contributed by atoms with Gasteiger partial charge >= 0.3 is 0 Å². The molecule has 6 nitrogen and oxygen atoms in total. The van der Waals surface area contributed by atoms with Crippen LogP contribution in [0.3, 0.4) is 0 Å². The number of amides is 1. The molecule has 1 amide bonds. The monoisotopic (exact) mass is 334 g/mol. The minimum Gasteiger partial charge on any atom is -0.471 e. The zero-order valence-electron chi connectivity index (χ0n) is 13.9. The predicted molar refractivity (Wildman–Crippen MR) is 93.7 cm³/mol. The Balaban J connectivity index is 1.51. The molecule has 1 aromatic carbocycles. The van der Waals surface area contributed by atoms with Gasteiger partial charge in [0.2, 0.25) is 5.88 Å². The maximum atomic E-state index is 12.8. The Morgan fingerprint density at radius 2 is 1.96 bits per heavy atom. The van der Waals surface area contributed by atoms with Crippen molar-refractivity contribution in [2.75, 3.05) is 11.4 Å². The van der Waals surface area contributed by atoms with Crippen molar-refractivity contribution in [2.24, 2.45) is 0 Å². The zero-order valence-corrected chi connectivity index (χ0v) is 13.9. The fourth-order valence-corrected chi connectivity index (χ4v) is 2.87. The van der Waals surface area contributed by atoms with Gasteiger partial charge in [-0.05, 0) is 31.2 Å². The molecule has 1 aliphatic heterocycles. The number of carbonyl (C=O) groups is 1. The molecule has 4 rings (SSSR count). The van der Waals surface area contributed by atoms with Gasteiger partial charge in [0.15, 0.2) is 0 Å². The molecule has 1 aliphatic rings. The van der Waals surface area contributed by atoms with Crippen molar-refractivity contribution in [3.63, 3.8) is 0 Å². The van der Waals surface area contributed by atoms with Crippen LogP contribution >= 0.6 is 0 Å². The number of benzene rings is 1. The van der Waals surface area contributed by atoms with Crippen LogP contribution in [0.5, 0.6) is 5.88 Å². The number of aromatic nitrogens is 3. The van der Waals surface area contributed by atoms with Gasteiger partial charge in [-0.2, -0.15) is 5.10 Å². The summed E-state index contributed by atoms with van der Waals surface area (Å²) in [5.74, 6) is 0.507. The molecular weight excluding hydrogens is 316 g/mol. The first-order valence-corrected chi connectivity index (χ1v) is 8.20. The molecule has 0 N–H and O–H groups in total. The van der Waals surface area contributed by atoms with Crippen LogP contribution in [-0.2, 0) is 13.2 Å². The molecule has 6 heteroatoms. The fraction of sp³-hybridized carbons (Fsp3) is 0.211. The minimum absolute atomic E-state index is 0.0355. The van der Waals surface area contributed by atoms with Gasteiger partial charge in [-0.15, -0.1) is 0 Å². The van der Waals surface area contributed by atoms with Crippen LogP contribution in [0.25, 0.3) is 0 Å². The van der Waals surface area contributed by atoms with Gasteiger partial charge in [-0.3, -0.25) is 9.48 Å². The Bertz CT molecular complexity index is 888. The van der Waals surface area contributed by atoms with E-state index in [4.69, 9.17) is 4.74 Å². The third-order valence-corrected chi connectivity index (χ3v) is 4.18. The second-order valence-corrected chi connectivity index (χ2v) is 5.99. The summed E-state index contributed by atoms with van der Waals surface area (Å²) in [6.07, 6.45) is 1.68. The lowest BCUT2D eigenvalue weighted by Crippen LogP contribution is -2.40. The Kier molecular flexibility index (Phi) is 3.93. The van der Waals surface area contributed by atoms with Gasteiger partial charge < -0.3 is 9.64 Å². The number of nitrogens with zero attached hydrogens (tertiary/aromatic N) is 4. The molecule has 0 radical (unpaired) electrons. The molecular formula is C19H18N4O2. The van der Waals surface area contributed by atoms with Crippen molar-refractivity contribution in [2.45, 2.75) is 20.1 Å². The SMILES string of the molecule is Cc1ccc(N2CCn3nc(COc4ccccn4)cc3C2=O)cc1. The largest absolute Gasteiger partial charge is 0.471 e. The first-order chi connectivity index (χ1) is 12.2. The van der Waals surface area contributed by atoms with E-state index in [2.05, 4.69) is 10.1 Å². The van der Waals surface area contributed by atoms with E-state index in [0.29, 0.717) is 24.7 Å². The van der Waals surface area contributed by atoms with Crippen molar-refractivity contribution in [3.05, 3.63) is 71.7 Å². The molecule has 0 aliphatic carbocycles. The van der Waals surface area contributed by atoms with Gasteiger partial charge in [0.25, 0.3) is 5.91 Å². The van der Waals surface area contributed by atoms with Crippen LogP contribution in [0.1, 0.15) is 21.7 Å². The number of aryl methyl sites for hydroxylation is 1. The molecule has 0 bridgehead atoms. The molecule has 0 spiro atoms. The number of carbonyl (C=O) groups excluding carboxylic acids is 1.